The Balaban J connectivity index is 1.53. The summed E-state index contributed by atoms with van der Waals surface area (Å²) in [6, 6.07) is 19.1. The third-order valence-electron chi connectivity index (χ3n) is 4.02. The number of nitrogens with one attached hydrogen (secondary N) is 1. The lowest BCUT2D eigenvalue weighted by molar-refractivity contribution is 0.0955. The van der Waals surface area contributed by atoms with Crippen LogP contribution in [0.15, 0.2) is 71.8 Å². The monoisotopic (exact) mass is 394 g/mol. The van der Waals surface area contributed by atoms with Crippen LogP contribution in [0.1, 0.15) is 27.0 Å². The van der Waals surface area contributed by atoms with Crippen molar-refractivity contribution in [2.75, 3.05) is 0 Å². The van der Waals surface area contributed by atoms with Crippen molar-refractivity contribution in [1.29, 1.82) is 0 Å². The third kappa shape index (κ3) is 5.34. The van der Waals surface area contributed by atoms with Crippen molar-refractivity contribution < 1.29 is 14.6 Å². The second kappa shape index (κ2) is 9.06. The van der Waals surface area contributed by atoms with Crippen LogP contribution in [-0.4, -0.2) is 17.2 Å². The van der Waals surface area contributed by atoms with Crippen LogP contribution in [-0.2, 0) is 6.61 Å². The molecule has 0 radical (unpaired) electrons. The normalized spacial score (nSPS) is 10.8. The molecule has 0 saturated heterocycles. The molecule has 2 N–H and O–H groups in total. The van der Waals surface area contributed by atoms with Gasteiger partial charge >= 0.3 is 0 Å². The van der Waals surface area contributed by atoms with E-state index >= 15 is 0 Å². The van der Waals surface area contributed by atoms with Gasteiger partial charge in [-0.2, -0.15) is 5.10 Å². The van der Waals surface area contributed by atoms with Crippen LogP contribution in [0.25, 0.3) is 0 Å². The Hall–Kier alpha value is -3.31. The summed E-state index contributed by atoms with van der Waals surface area (Å²) in [5.74, 6) is 0.611. The number of ether oxygens (including phenoxy) is 1. The summed E-state index contributed by atoms with van der Waals surface area (Å²) in [6.07, 6.45) is 1.51. The van der Waals surface area contributed by atoms with Gasteiger partial charge < -0.3 is 9.84 Å². The van der Waals surface area contributed by atoms with Crippen LogP contribution in [0.2, 0.25) is 5.02 Å². The fourth-order valence-corrected chi connectivity index (χ4v) is 2.53. The van der Waals surface area contributed by atoms with E-state index in [0.717, 1.165) is 22.4 Å². The number of benzene rings is 3. The van der Waals surface area contributed by atoms with E-state index in [-0.39, 0.29) is 11.7 Å². The van der Waals surface area contributed by atoms with E-state index in [1.54, 1.807) is 42.5 Å². The van der Waals surface area contributed by atoms with Crippen molar-refractivity contribution in [3.05, 3.63) is 94.0 Å². The summed E-state index contributed by atoms with van der Waals surface area (Å²) in [4.78, 5) is 12.1. The molecule has 0 heterocycles. The van der Waals surface area contributed by atoms with Gasteiger partial charge in [-0.1, -0.05) is 23.7 Å². The van der Waals surface area contributed by atoms with E-state index in [0.29, 0.717) is 17.2 Å². The van der Waals surface area contributed by atoms with Gasteiger partial charge in [-0.05, 0) is 78.2 Å². The van der Waals surface area contributed by atoms with Gasteiger partial charge in [0.2, 0.25) is 0 Å². The van der Waals surface area contributed by atoms with Gasteiger partial charge in [0.05, 0.1) is 6.21 Å². The lowest BCUT2D eigenvalue weighted by atomic mass is 10.1. The average molecular weight is 395 g/mol. The summed E-state index contributed by atoms with van der Waals surface area (Å²) in [6.45, 7) is 2.31. The standard InChI is InChI=1S/C22H19ClN2O3/c1-15-12-20(10-11-21(15)23)28-14-17-2-6-18(7-3-17)22(27)25-24-13-16-4-8-19(26)9-5-16/h2-13,26H,14H2,1H3,(H,25,27)/b24-13+. The molecule has 0 unspecified atom stereocenters. The Kier molecular flexibility index (Phi) is 6.29. The maximum Gasteiger partial charge on any atom is 0.271 e. The van der Waals surface area contributed by atoms with E-state index in [4.69, 9.17) is 16.3 Å². The number of nitrogens with zero attached hydrogens (tertiary/aromatic N) is 1. The summed E-state index contributed by atoms with van der Waals surface area (Å²) < 4.78 is 5.75. The molecular formula is C22H19ClN2O3. The lowest BCUT2D eigenvalue weighted by Gasteiger charge is -2.08. The molecule has 3 aromatic rings. The predicted molar refractivity (Wildman–Crippen MR) is 110 cm³/mol. The number of hydrogen-bond acceptors (Lipinski definition) is 4. The molecular weight excluding hydrogens is 376 g/mol. The van der Waals surface area contributed by atoms with Crippen LogP contribution < -0.4 is 10.2 Å². The van der Waals surface area contributed by atoms with Crippen molar-refractivity contribution in [3.63, 3.8) is 0 Å². The molecule has 0 aliphatic carbocycles. The number of aryl methyl sites for hydroxylation is 1. The number of carbonyl (C=O) groups is 1. The van der Waals surface area contributed by atoms with Crippen molar-refractivity contribution in [1.82, 2.24) is 5.43 Å². The topological polar surface area (TPSA) is 70.9 Å². The molecule has 1 amide bonds. The maximum absolute atomic E-state index is 12.1. The van der Waals surface area contributed by atoms with Gasteiger partial charge in [-0.25, -0.2) is 5.43 Å². The van der Waals surface area contributed by atoms with E-state index in [1.165, 1.54) is 6.21 Å². The second-order valence-electron chi connectivity index (χ2n) is 6.19. The molecule has 0 saturated carbocycles. The van der Waals surface area contributed by atoms with E-state index in [9.17, 15) is 9.90 Å². The molecule has 0 atom stereocenters. The summed E-state index contributed by atoms with van der Waals surface area (Å²) in [5, 5.41) is 13.9. The Morgan fingerprint density at radius 1 is 1.11 bits per heavy atom. The molecule has 0 aliphatic rings. The Morgan fingerprint density at radius 3 is 2.50 bits per heavy atom. The number of phenolic OH excluding ortho intramolecular Hbond substituents is 1. The first-order valence-electron chi connectivity index (χ1n) is 8.61. The zero-order chi connectivity index (χ0) is 19.9. The molecule has 6 heteroatoms. The minimum atomic E-state index is -0.309. The van der Waals surface area contributed by atoms with Crippen molar-refractivity contribution >= 4 is 23.7 Å². The number of amides is 1. The first kappa shape index (κ1) is 19.5. The van der Waals surface area contributed by atoms with Crippen LogP contribution in [0.5, 0.6) is 11.5 Å². The minimum Gasteiger partial charge on any atom is -0.508 e. The number of carbonyl (C=O) groups excluding carboxylic acids is 1. The Labute approximate surface area is 168 Å². The highest BCUT2D eigenvalue weighted by Crippen LogP contribution is 2.22. The Bertz CT molecular complexity index is 984. The van der Waals surface area contributed by atoms with E-state index in [2.05, 4.69) is 10.5 Å². The fourth-order valence-electron chi connectivity index (χ4n) is 2.42. The quantitative estimate of drug-likeness (QED) is 0.470. The molecule has 0 spiro atoms. The minimum absolute atomic E-state index is 0.177. The predicted octanol–water partition coefficient (Wildman–Crippen LogP) is 4.70. The van der Waals surface area contributed by atoms with Crippen molar-refractivity contribution in [3.8, 4) is 11.5 Å². The summed E-state index contributed by atoms with van der Waals surface area (Å²) in [5.41, 5.74) is 5.64. The largest absolute Gasteiger partial charge is 0.508 e. The zero-order valence-electron chi connectivity index (χ0n) is 15.2. The van der Waals surface area contributed by atoms with Crippen LogP contribution in [0.3, 0.4) is 0 Å². The number of halogens is 1. The summed E-state index contributed by atoms with van der Waals surface area (Å²) in [7, 11) is 0. The number of hydrogen-bond donors (Lipinski definition) is 2. The third-order valence-corrected chi connectivity index (χ3v) is 4.45. The van der Waals surface area contributed by atoms with Crippen LogP contribution in [0, 0.1) is 6.92 Å². The van der Waals surface area contributed by atoms with Crippen LogP contribution >= 0.6 is 11.6 Å². The SMILES string of the molecule is Cc1cc(OCc2ccc(C(=O)N/N=C/c3ccc(O)cc3)cc2)ccc1Cl. The first-order valence-corrected chi connectivity index (χ1v) is 8.99. The smallest absolute Gasteiger partial charge is 0.271 e. The number of phenols is 1. The molecule has 5 nitrogen and oxygen atoms in total. The molecule has 0 bridgehead atoms. The molecule has 0 aromatic heterocycles. The fraction of sp³-hybridized carbons (Fsp3) is 0.0909. The van der Waals surface area contributed by atoms with Gasteiger partial charge in [0.25, 0.3) is 5.91 Å². The van der Waals surface area contributed by atoms with Crippen molar-refractivity contribution in [2.45, 2.75) is 13.5 Å². The average Bonchev–Trinajstić information content (AvgIpc) is 2.70. The molecule has 3 rings (SSSR count). The number of rotatable bonds is 6. The number of aromatic hydroxyl groups is 1. The highest BCUT2D eigenvalue weighted by molar-refractivity contribution is 6.31. The van der Waals surface area contributed by atoms with Gasteiger partial charge in [-0.15, -0.1) is 0 Å². The van der Waals surface area contributed by atoms with E-state index in [1.807, 2.05) is 31.2 Å². The molecule has 0 aliphatic heterocycles. The highest BCUT2D eigenvalue weighted by atomic mass is 35.5. The first-order chi connectivity index (χ1) is 13.5. The molecule has 3 aromatic carbocycles. The second-order valence-corrected chi connectivity index (χ2v) is 6.59. The van der Waals surface area contributed by atoms with Gasteiger partial charge in [0, 0.05) is 10.6 Å². The summed E-state index contributed by atoms with van der Waals surface area (Å²) >= 11 is 6.01. The van der Waals surface area contributed by atoms with Crippen molar-refractivity contribution in [2.24, 2.45) is 5.10 Å². The lowest BCUT2D eigenvalue weighted by Crippen LogP contribution is -2.17. The molecule has 28 heavy (non-hydrogen) atoms. The molecule has 142 valence electrons. The molecule has 0 fully saturated rings. The van der Waals surface area contributed by atoms with Crippen LogP contribution in [0.4, 0.5) is 0 Å². The maximum atomic E-state index is 12.1. The van der Waals surface area contributed by atoms with E-state index < -0.39 is 0 Å². The highest BCUT2D eigenvalue weighted by Gasteiger charge is 2.05. The van der Waals surface area contributed by atoms with Gasteiger partial charge in [-0.3, -0.25) is 4.79 Å². The van der Waals surface area contributed by atoms with Gasteiger partial charge in [0.15, 0.2) is 0 Å². The van der Waals surface area contributed by atoms with Gasteiger partial charge in [0.1, 0.15) is 18.1 Å². The zero-order valence-corrected chi connectivity index (χ0v) is 16.0. The number of hydrazone groups is 1. The Morgan fingerprint density at radius 2 is 1.82 bits per heavy atom.